The molecule has 0 bridgehead atoms. The van der Waals surface area contributed by atoms with Gasteiger partial charge < -0.3 is 10.2 Å². The Hall–Kier alpha value is -2.94. The molecule has 0 fully saturated rings. The Kier molecular flexibility index (Phi) is 13.0. The molecule has 2 heteroatoms. The van der Waals surface area contributed by atoms with Crippen molar-refractivity contribution in [2.45, 2.75) is 107 Å². The number of hydrogen-bond acceptors (Lipinski definition) is 2. The van der Waals surface area contributed by atoms with Crippen LogP contribution in [0.1, 0.15) is 101 Å². The van der Waals surface area contributed by atoms with Gasteiger partial charge in [0.1, 0.15) is 0 Å². The van der Waals surface area contributed by atoms with Gasteiger partial charge in [-0.15, -0.1) is 0 Å². The molecule has 0 aromatic heterocycles. The zero-order chi connectivity index (χ0) is 31.6. The van der Waals surface area contributed by atoms with E-state index in [1.807, 2.05) is 13.0 Å². The van der Waals surface area contributed by atoms with E-state index in [4.69, 9.17) is 0 Å². The number of rotatable bonds is 10. The van der Waals surface area contributed by atoms with Crippen molar-refractivity contribution >= 4 is 0 Å². The van der Waals surface area contributed by atoms with Crippen LogP contribution in [0.2, 0.25) is 0 Å². The molecule has 0 saturated heterocycles. The minimum atomic E-state index is -1.71. The second-order valence-corrected chi connectivity index (χ2v) is 13.6. The summed E-state index contributed by atoms with van der Waals surface area (Å²) >= 11 is 0. The fourth-order valence-corrected chi connectivity index (χ4v) is 5.66. The van der Waals surface area contributed by atoms with Gasteiger partial charge in [0.05, 0.1) is 0 Å². The molecule has 0 aliphatic heterocycles. The van der Waals surface area contributed by atoms with Crippen LogP contribution in [0.5, 0.6) is 0 Å². The fraction of sp³-hybridized carbons (Fsp3) is 0.450. The molecule has 0 spiro atoms. The lowest BCUT2D eigenvalue weighted by molar-refractivity contribution is -0.143. The van der Waals surface area contributed by atoms with E-state index in [1.54, 1.807) is 0 Å². The molecule has 42 heavy (non-hydrogen) atoms. The molecule has 2 aliphatic rings. The van der Waals surface area contributed by atoms with Gasteiger partial charge in [0.25, 0.3) is 0 Å². The highest BCUT2D eigenvalue weighted by molar-refractivity contribution is 5.40. The standard InChI is InChI=1S/C40H56O2/c1-30(18-13-20-32(3)23-25-36-34(5)22-15-27-38(36,7)8)16-11-12-17-31(2)19-14-21-33(4)24-26-37-35(6)40(41,42)29-28-39(37,9)10/h11-14,16-21,23-26,41-42H,15,22,27-29H2,1-10H3/b12-11+,18-13+,19-14+,25-23+,26-24+,30-16+,31-17+,32-20+,33-21+. The Bertz CT molecular complexity index is 1300. The van der Waals surface area contributed by atoms with E-state index >= 15 is 0 Å². The first kappa shape index (κ1) is 35.3. The number of aliphatic hydroxyl groups is 2. The Balaban J connectivity index is 1.92. The molecule has 0 aromatic rings. The SMILES string of the molecule is CC1=C(/C=C/C(C)=C/C=C/C(C)=C/C=C/C=C(C)/C=C/C=C(C)/C=C/C2=C(C)C(O)(O)CCC2(C)C)C(C)(C)CCC1. The summed E-state index contributed by atoms with van der Waals surface area (Å²) in [6.45, 7) is 21.6. The minimum Gasteiger partial charge on any atom is -0.362 e. The van der Waals surface area contributed by atoms with Crippen LogP contribution in [-0.2, 0) is 0 Å². The van der Waals surface area contributed by atoms with Gasteiger partial charge >= 0.3 is 0 Å². The smallest absolute Gasteiger partial charge is 0.185 e. The zero-order valence-corrected chi connectivity index (χ0v) is 28.0. The van der Waals surface area contributed by atoms with Gasteiger partial charge in [-0.2, -0.15) is 0 Å². The first-order valence-corrected chi connectivity index (χ1v) is 15.5. The predicted octanol–water partition coefficient (Wildman–Crippen LogP) is 10.9. The molecule has 0 aromatic carbocycles. The van der Waals surface area contributed by atoms with E-state index in [9.17, 15) is 10.2 Å². The molecule has 2 N–H and O–H groups in total. The normalized spacial score (nSPS) is 22.8. The quantitative estimate of drug-likeness (QED) is 0.203. The summed E-state index contributed by atoms with van der Waals surface area (Å²) < 4.78 is 0. The maximum atomic E-state index is 10.3. The lowest BCUT2D eigenvalue weighted by atomic mass is 9.70. The highest BCUT2D eigenvalue weighted by Gasteiger charge is 2.39. The van der Waals surface area contributed by atoms with E-state index in [0.29, 0.717) is 12.0 Å². The number of allylic oxidation sites excluding steroid dienone is 21. The summed E-state index contributed by atoms with van der Waals surface area (Å²) in [6, 6.07) is 0. The van der Waals surface area contributed by atoms with Gasteiger partial charge in [0.15, 0.2) is 5.79 Å². The van der Waals surface area contributed by atoms with Crippen molar-refractivity contribution in [2.75, 3.05) is 0 Å². The zero-order valence-electron chi connectivity index (χ0n) is 28.0. The highest BCUT2D eigenvalue weighted by atomic mass is 16.5. The summed E-state index contributed by atoms with van der Waals surface area (Å²) in [6.07, 6.45) is 34.6. The average molecular weight is 569 g/mol. The summed E-state index contributed by atoms with van der Waals surface area (Å²) in [5.74, 6) is -1.71. The van der Waals surface area contributed by atoms with E-state index in [-0.39, 0.29) is 10.8 Å². The molecule has 0 heterocycles. The fourth-order valence-electron chi connectivity index (χ4n) is 5.66. The second-order valence-electron chi connectivity index (χ2n) is 13.6. The maximum absolute atomic E-state index is 10.3. The molecule has 2 nitrogen and oxygen atoms in total. The highest BCUT2D eigenvalue weighted by Crippen LogP contribution is 2.44. The third kappa shape index (κ3) is 11.0. The lowest BCUT2D eigenvalue weighted by Gasteiger charge is -2.39. The van der Waals surface area contributed by atoms with E-state index in [0.717, 1.165) is 23.1 Å². The minimum absolute atomic E-state index is 0.0732. The van der Waals surface area contributed by atoms with Crippen LogP contribution in [0.3, 0.4) is 0 Å². The molecule has 0 saturated carbocycles. The van der Waals surface area contributed by atoms with Crippen molar-refractivity contribution in [3.05, 3.63) is 130 Å². The van der Waals surface area contributed by atoms with Crippen molar-refractivity contribution in [3.63, 3.8) is 0 Å². The van der Waals surface area contributed by atoms with Crippen LogP contribution < -0.4 is 0 Å². The summed E-state index contributed by atoms with van der Waals surface area (Å²) in [5.41, 5.74) is 9.61. The van der Waals surface area contributed by atoms with Gasteiger partial charge in [-0.25, -0.2) is 0 Å². The van der Waals surface area contributed by atoms with Crippen LogP contribution >= 0.6 is 0 Å². The van der Waals surface area contributed by atoms with E-state index in [2.05, 4.69) is 141 Å². The van der Waals surface area contributed by atoms with Crippen molar-refractivity contribution in [3.8, 4) is 0 Å². The van der Waals surface area contributed by atoms with Crippen LogP contribution in [0, 0.1) is 10.8 Å². The molecule has 228 valence electrons. The molecular formula is C40H56O2. The van der Waals surface area contributed by atoms with Gasteiger partial charge in [-0.3, -0.25) is 0 Å². The Morgan fingerprint density at radius 1 is 0.571 bits per heavy atom. The van der Waals surface area contributed by atoms with Crippen molar-refractivity contribution < 1.29 is 10.2 Å². The predicted molar refractivity (Wildman–Crippen MR) is 184 cm³/mol. The van der Waals surface area contributed by atoms with E-state index < -0.39 is 5.79 Å². The summed E-state index contributed by atoms with van der Waals surface area (Å²) in [7, 11) is 0. The first-order chi connectivity index (χ1) is 19.5. The maximum Gasteiger partial charge on any atom is 0.185 e. The molecular weight excluding hydrogens is 512 g/mol. The first-order valence-electron chi connectivity index (χ1n) is 15.5. The van der Waals surface area contributed by atoms with Gasteiger partial charge in [-0.05, 0) is 94.8 Å². The molecule has 0 unspecified atom stereocenters. The van der Waals surface area contributed by atoms with Gasteiger partial charge in [0.2, 0.25) is 0 Å². The Morgan fingerprint density at radius 3 is 1.50 bits per heavy atom. The summed E-state index contributed by atoms with van der Waals surface area (Å²) in [4.78, 5) is 0. The molecule has 2 aliphatic carbocycles. The van der Waals surface area contributed by atoms with Crippen molar-refractivity contribution in [2.24, 2.45) is 10.8 Å². The summed E-state index contributed by atoms with van der Waals surface area (Å²) in [5, 5.41) is 20.6. The number of hydrogen-bond donors (Lipinski definition) is 2. The Morgan fingerprint density at radius 2 is 1.00 bits per heavy atom. The van der Waals surface area contributed by atoms with Gasteiger partial charge in [0, 0.05) is 6.42 Å². The topological polar surface area (TPSA) is 40.5 Å². The largest absolute Gasteiger partial charge is 0.362 e. The van der Waals surface area contributed by atoms with Crippen LogP contribution in [0.4, 0.5) is 0 Å². The van der Waals surface area contributed by atoms with Crippen molar-refractivity contribution in [1.82, 2.24) is 0 Å². The molecule has 0 amide bonds. The van der Waals surface area contributed by atoms with Crippen LogP contribution in [0.25, 0.3) is 0 Å². The van der Waals surface area contributed by atoms with Crippen molar-refractivity contribution in [1.29, 1.82) is 0 Å². The van der Waals surface area contributed by atoms with Crippen LogP contribution in [0.15, 0.2) is 130 Å². The second kappa shape index (κ2) is 15.5. The third-order valence-corrected chi connectivity index (χ3v) is 8.67. The molecule has 2 rings (SSSR count). The van der Waals surface area contributed by atoms with Gasteiger partial charge in [-0.1, -0.05) is 141 Å². The monoisotopic (exact) mass is 568 g/mol. The molecule has 0 radical (unpaired) electrons. The third-order valence-electron chi connectivity index (χ3n) is 8.67. The molecule has 0 atom stereocenters. The Labute approximate surface area is 257 Å². The average Bonchev–Trinajstić information content (AvgIpc) is 2.88. The van der Waals surface area contributed by atoms with Crippen LogP contribution in [-0.4, -0.2) is 16.0 Å². The van der Waals surface area contributed by atoms with E-state index in [1.165, 1.54) is 41.6 Å². The lowest BCUT2D eigenvalue weighted by Crippen LogP contribution is -2.38.